The number of carbonyl (C=O) groups excluding carboxylic acids is 1. The van der Waals surface area contributed by atoms with Crippen molar-refractivity contribution in [3.05, 3.63) is 71.1 Å². The molecule has 8 nitrogen and oxygen atoms in total. The Morgan fingerprint density at radius 2 is 2.10 bits per heavy atom. The Bertz CT molecular complexity index is 1200. The second-order valence-electron chi connectivity index (χ2n) is 6.89. The molecule has 0 spiro atoms. The molecular formula is C21H18N6O2S2. The lowest BCUT2D eigenvalue weighted by molar-refractivity contribution is -0.130. The molecule has 0 fully saturated rings. The maximum Gasteiger partial charge on any atom is 0.253 e. The van der Waals surface area contributed by atoms with Crippen LogP contribution in [0.5, 0.6) is 0 Å². The molecule has 0 N–H and O–H groups in total. The van der Waals surface area contributed by atoms with Crippen LogP contribution in [0.15, 0.2) is 75.1 Å². The largest absolute Gasteiger partial charge is 0.467 e. The minimum absolute atomic E-state index is 0.105. The molecule has 1 aliphatic rings. The summed E-state index contributed by atoms with van der Waals surface area (Å²) in [7, 11) is 1.89. The third kappa shape index (κ3) is 3.91. The van der Waals surface area contributed by atoms with Crippen LogP contribution < -0.4 is 0 Å². The van der Waals surface area contributed by atoms with Crippen LogP contribution in [-0.2, 0) is 11.8 Å². The normalized spacial score (nSPS) is 16.0. The lowest BCUT2D eigenvalue weighted by Crippen LogP contribution is -2.28. The monoisotopic (exact) mass is 450 g/mol. The van der Waals surface area contributed by atoms with Gasteiger partial charge in [0.1, 0.15) is 11.8 Å². The number of furan rings is 1. The van der Waals surface area contributed by atoms with Gasteiger partial charge in [-0.1, -0.05) is 17.8 Å². The number of nitrogens with zero attached hydrogens (tertiary/aromatic N) is 6. The Hall–Kier alpha value is -3.24. The number of thiophene rings is 1. The van der Waals surface area contributed by atoms with Crippen LogP contribution in [-0.4, -0.2) is 42.1 Å². The van der Waals surface area contributed by atoms with Crippen LogP contribution in [0.1, 0.15) is 23.1 Å². The minimum atomic E-state index is -0.243. The van der Waals surface area contributed by atoms with E-state index in [1.807, 2.05) is 53.4 Å². The summed E-state index contributed by atoms with van der Waals surface area (Å²) >= 11 is 2.96. The van der Waals surface area contributed by atoms with E-state index in [1.165, 1.54) is 11.8 Å². The summed E-state index contributed by atoms with van der Waals surface area (Å²) < 4.78 is 7.47. The smallest absolute Gasteiger partial charge is 0.253 e. The van der Waals surface area contributed by atoms with E-state index in [-0.39, 0.29) is 17.7 Å². The predicted molar refractivity (Wildman–Crippen MR) is 119 cm³/mol. The molecule has 156 valence electrons. The first-order valence-electron chi connectivity index (χ1n) is 9.60. The van der Waals surface area contributed by atoms with Crippen LogP contribution in [0.25, 0.3) is 11.4 Å². The zero-order valence-electron chi connectivity index (χ0n) is 16.6. The maximum atomic E-state index is 13.1. The summed E-state index contributed by atoms with van der Waals surface area (Å²) in [5.41, 5.74) is 1.82. The Morgan fingerprint density at radius 1 is 1.23 bits per heavy atom. The molecule has 1 atom stereocenters. The van der Waals surface area contributed by atoms with Crippen LogP contribution in [0.2, 0.25) is 0 Å². The van der Waals surface area contributed by atoms with Crippen molar-refractivity contribution in [2.75, 3.05) is 5.75 Å². The number of amides is 1. The zero-order valence-corrected chi connectivity index (χ0v) is 18.2. The van der Waals surface area contributed by atoms with E-state index >= 15 is 0 Å². The number of rotatable bonds is 6. The fourth-order valence-electron chi connectivity index (χ4n) is 3.42. The van der Waals surface area contributed by atoms with Crippen molar-refractivity contribution in [2.24, 2.45) is 12.1 Å². The third-order valence-electron chi connectivity index (χ3n) is 4.94. The first kappa shape index (κ1) is 19.7. The molecule has 31 heavy (non-hydrogen) atoms. The fourth-order valence-corrected chi connectivity index (χ4v) is 4.90. The molecule has 5 rings (SSSR count). The summed E-state index contributed by atoms with van der Waals surface area (Å²) in [5, 5.41) is 17.4. The topological polar surface area (TPSA) is 89.4 Å². The van der Waals surface area contributed by atoms with E-state index < -0.39 is 0 Å². The van der Waals surface area contributed by atoms with Crippen molar-refractivity contribution >= 4 is 34.7 Å². The molecular weight excluding hydrogens is 432 g/mol. The first-order valence-corrected chi connectivity index (χ1v) is 11.5. The van der Waals surface area contributed by atoms with E-state index in [0.29, 0.717) is 11.6 Å². The molecule has 0 bridgehead atoms. The van der Waals surface area contributed by atoms with Gasteiger partial charge in [0.2, 0.25) is 0 Å². The number of hydrogen-bond donors (Lipinski definition) is 0. The third-order valence-corrected chi connectivity index (χ3v) is 6.87. The summed E-state index contributed by atoms with van der Waals surface area (Å²) in [6.45, 7) is 0. The molecule has 0 aliphatic carbocycles. The molecule has 0 saturated carbocycles. The van der Waals surface area contributed by atoms with Gasteiger partial charge in [-0.15, -0.1) is 21.5 Å². The number of thioether (sulfide) groups is 1. The Balaban J connectivity index is 1.34. The zero-order chi connectivity index (χ0) is 21.2. The molecule has 0 radical (unpaired) electrons. The predicted octanol–water partition coefficient (Wildman–Crippen LogP) is 4.00. The highest BCUT2D eigenvalue weighted by Crippen LogP contribution is 2.35. The molecule has 1 aliphatic heterocycles. The Labute approximate surface area is 186 Å². The van der Waals surface area contributed by atoms with Crippen molar-refractivity contribution < 1.29 is 9.21 Å². The molecule has 4 aromatic heterocycles. The van der Waals surface area contributed by atoms with Crippen molar-refractivity contribution in [2.45, 2.75) is 17.6 Å². The van der Waals surface area contributed by atoms with Crippen molar-refractivity contribution in [3.63, 3.8) is 0 Å². The van der Waals surface area contributed by atoms with Crippen LogP contribution >= 0.6 is 23.1 Å². The van der Waals surface area contributed by atoms with Crippen LogP contribution in [0.4, 0.5) is 0 Å². The van der Waals surface area contributed by atoms with Crippen molar-refractivity contribution in [1.29, 1.82) is 0 Å². The lowest BCUT2D eigenvalue weighted by atomic mass is 10.1. The quantitative estimate of drug-likeness (QED) is 0.413. The van der Waals surface area contributed by atoms with Crippen LogP contribution in [0, 0.1) is 0 Å². The summed E-state index contributed by atoms with van der Waals surface area (Å²) in [4.78, 5) is 18.2. The highest BCUT2D eigenvalue weighted by atomic mass is 32.2. The second-order valence-corrected chi connectivity index (χ2v) is 8.78. The molecule has 0 unspecified atom stereocenters. The molecule has 0 saturated heterocycles. The maximum absolute atomic E-state index is 13.1. The molecule has 0 aromatic carbocycles. The molecule has 4 aromatic rings. The fraction of sp³-hybridized carbons (Fsp3) is 0.190. The molecule has 1 amide bonds. The van der Waals surface area contributed by atoms with Gasteiger partial charge in [0.05, 0.1) is 22.6 Å². The van der Waals surface area contributed by atoms with E-state index in [2.05, 4.69) is 20.3 Å². The standard InChI is InChI=1S/C21H18N6O2S2/c1-26-20(14-6-8-22-9-7-14)23-24-21(26)31-13-19(28)27-16(17-4-2-10-29-17)12-15(25-27)18-5-3-11-30-18/h2-11,16H,12-13H2,1H3/t16-/m0/s1. The Morgan fingerprint density at radius 3 is 2.84 bits per heavy atom. The van der Waals surface area contributed by atoms with Crippen LogP contribution in [0.3, 0.4) is 0 Å². The second kappa shape index (κ2) is 8.48. The van der Waals surface area contributed by atoms with Gasteiger partial charge in [0.15, 0.2) is 11.0 Å². The molecule has 10 heteroatoms. The van der Waals surface area contributed by atoms with Gasteiger partial charge >= 0.3 is 0 Å². The summed E-state index contributed by atoms with van der Waals surface area (Å²) in [6.07, 6.45) is 5.67. The first-order chi connectivity index (χ1) is 15.2. The number of hydrogen-bond acceptors (Lipinski definition) is 8. The summed E-state index contributed by atoms with van der Waals surface area (Å²) in [6, 6.07) is 11.2. The Kier molecular flexibility index (Phi) is 5.39. The number of hydrazone groups is 1. The molecule has 5 heterocycles. The van der Waals surface area contributed by atoms with E-state index in [1.54, 1.807) is 35.0 Å². The minimum Gasteiger partial charge on any atom is -0.467 e. The lowest BCUT2D eigenvalue weighted by Gasteiger charge is -2.19. The highest BCUT2D eigenvalue weighted by molar-refractivity contribution is 7.99. The van der Waals surface area contributed by atoms with E-state index in [9.17, 15) is 4.79 Å². The average Bonchev–Trinajstić information content (AvgIpc) is 3.59. The highest BCUT2D eigenvalue weighted by Gasteiger charge is 2.35. The van der Waals surface area contributed by atoms with Crippen molar-refractivity contribution in [1.82, 2.24) is 24.8 Å². The van der Waals surface area contributed by atoms with Gasteiger partial charge in [-0.2, -0.15) is 5.10 Å². The number of carbonyl (C=O) groups is 1. The summed E-state index contributed by atoms with van der Waals surface area (Å²) in [5.74, 6) is 1.55. The van der Waals surface area contributed by atoms with E-state index in [0.717, 1.165) is 27.7 Å². The van der Waals surface area contributed by atoms with Crippen molar-refractivity contribution in [3.8, 4) is 11.4 Å². The average molecular weight is 451 g/mol. The number of aromatic nitrogens is 4. The van der Waals surface area contributed by atoms with Gasteiger partial charge in [0, 0.05) is 31.4 Å². The van der Waals surface area contributed by atoms with Gasteiger partial charge in [0.25, 0.3) is 5.91 Å². The SMILES string of the molecule is Cn1c(SCC(=O)N2N=C(c3cccs3)C[C@H]2c2ccco2)nnc1-c1ccncc1. The van der Waals surface area contributed by atoms with E-state index in [4.69, 9.17) is 4.42 Å². The number of pyridine rings is 1. The van der Waals surface area contributed by atoms with Gasteiger partial charge in [-0.25, -0.2) is 5.01 Å². The van der Waals surface area contributed by atoms with Gasteiger partial charge < -0.3 is 8.98 Å². The van der Waals surface area contributed by atoms with Gasteiger partial charge in [-0.05, 0) is 35.7 Å². The van der Waals surface area contributed by atoms with Gasteiger partial charge in [-0.3, -0.25) is 9.78 Å².